The van der Waals surface area contributed by atoms with E-state index in [-0.39, 0.29) is 11.3 Å². The number of nitrogens with two attached hydrogens (primary N) is 1. The number of carboxylic acid groups (broad SMARTS) is 1. The van der Waals surface area contributed by atoms with Crippen molar-refractivity contribution in [3.63, 3.8) is 0 Å². The predicted molar refractivity (Wildman–Crippen MR) is 73.8 cm³/mol. The van der Waals surface area contributed by atoms with E-state index >= 15 is 0 Å². The van der Waals surface area contributed by atoms with Crippen molar-refractivity contribution in [2.75, 3.05) is 5.73 Å². The molecule has 0 unspecified atom stereocenters. The normalized spacial score (nSPS) is 10.2. The fourth-order valence-electron chi connectivity index (χ4n) is 1.76. The summed E-state index contributed by atoms with van der Waals surface area (Å²) in [5.41, 5.74) is 8.02. The third kappa shape index (κ3) is 2.68. The van der Waals surface area contributed by atoms with Gasteiger partial charge >= 0.3 is 5.97 Å². The molecule has 19 heavy (non-hydrogen) atoms. The number of benzene rings is 2. The molecule has 0 saturated carbocycles. The number of hydrogen-bond acceptors (Lipinski definition) is 3. The second-order valence-electron chi connectivity index (χ2n) is 4.39. The summed E-state index contributed by atoms with van der Waals surface area (Å²) in [5.74, 6) is -0.0354. The van der Waals surface area contributed by atoms with E-state index in [9.17, 15) is 4.79 Å². The molecule has 0 amide bonds. The van der Waals surface area contributed by atoms with E-state index in [1.807, 2.05) is 32.0 Å². The number of anilines is 1. The molecule has 2 aromatic carbocycles. The second kappa shape index (κ2) is 5.02. The van der Waals surface area contributed by atoms with E-state index in [1.165, 1.54) is 6.07 Å². The molecule has 0 heterocycles. The number of para-hydroxylation sites is 1. The topological polar surface area (TPSA) is 72.5 Å². The summed E-state index contributed by atoms with van der Waals surface area (Å²) < 4.78 is 5.72. The standard InChI is InChI=1S/C15H15NO3/c1-9-6-7-10(2)13(8-9)19-12-5-3-4-11(14(12)16)15(17)18/h3-8H,16H2,1-2H3,(H,17,18). The van der Waals surface area contributed by atoms with Crippen LogP contribution in [0.25, 0.3) is 0 Å². The molecular weight excluding hydrogens is 242 g/mol. The SMILES string of the molecule is Cc1ccc(C)c(Oc2cccc(C(=O)O)c2N)c1. The van der Waals surface area contributed by atoms with Gasteiger partial charge in [-0.2, -0.15) is 0 Å². The number of aromatic carboxylic acids is 1. The lowest BCUT2D eigenvalue weighted by molar-refractivity contribution is 0.0697. The number of rotatable bonds is 3. The van der Waals surface area contributed by atoms with Crippen LogP contribution >= 0.6 is 0 Å². The van der Waals surface area contributed by atoms with Gasteiger partial charge in [-0.1, -0.05) is 18.2 Å². The highest BCUT2D eigenvalue weighted by Gasteiger charge is 2.13. The number of carbonyl (C=O) groups is 1. The van der Waals surface area contributed by atoms with Crippen molar-refractivity contribution >= 4 is 11.7 Å². The average Bonchev–Trinajstić information content (AvgIpc) is 2.36. The fraction of sp³-hybridized carbons (Fsp3) is 0.133. The summed E-state index contributed by atoms with van der Waals surface area (Å²) in [7, 11) is 0. The molecule has 0 aliphatic rings. The monoisotopic (exact) mass is 257 g/mol. The van der Waals surface area contributed by atoms with Gasteiger partial charge in [0.25, 0.3) is 0 Å². The minimum absolute atomic E-state index is 0.0443. The Morgan fingerprint density at radius 2 is 1.89 bits per heavy atom. The van der Waals surface area contributed by atoms with E-state index in [0.29, 0.717) is 11.5 Å². The largest absolute Gasteiger partial charge is 0.478 e. The van der Waals surface area contributed by atoms with Gasteiger partial charge in [-0.3, -0.25) is 0 Å². The minimum atomic E-state index is -1.07. The van der Waals surface area contributed by atoms with E-state index in [0.717, 1.165) is 11.1 Å². The first-order valence-electron chi connectivity index (χ1n) is 5.86. The van der Waals surface area contributed by atoms with Gasteiger partial charge in [0.2, 0.25) is 0 Å². The van der Waals surface area contributed by atoms with Crippen molar-refractivity contribution in [3.8, 4) is 11.5 Å². The van der Waals surface area contributed by atoms with Crippen LogP contribution in [0.1, 0.15) is 21.5 Å². The van der Waals surface area contributed by atoms with E-state index < -0.39 is 5.97 Å². The number of nitrogen functional groups attached to an aromatic ring is 1. The van der Waals surface area contributed by atoms with Crippen LogP contribution in [-0.2, 0) is 0 Å². The Morgan fingerprint density at radius 3 is 2.58 bits per heavy atom. The van der Waals surface area contributed by atoms with Gasteiger partial charge in [0, 0.05) is 0 Å². The Kier molecular flexibility index (Phi) is 3.42. The molecule has 4 heteroatoms. The zero-order valence-corrected chi connectivity index (χ0v) is 10.8. The molecule has 98 valence electrons. The number of ether oxygens (including phenoxy) is 1. The maximum absolute atomic E-state index is 11.0. The first-order valence-corrected chi connectivity index (χ1v) is 5.86. The average molecular weight is 257 g/mol. The smallest absolute Gasteiger partial charge is 0.337 e. The van der Waals surface area contributed by atoms with Crippen LogP contribution in [0.2, 0.25) is 0 Å². The number of carboxylic acids is 1. The molecule has 0 atom stereocenters. The van der Waals surface area contributed by atoms with Gasteiger partial charge in [0.05, 0.1) is 11.3 Å². The van der Waals surface area contributed by atoms with E-state index in [4.69, 9.17) is 15.6 Å². The molecule has 4 nitrogen and oxygen atoms in total. The minimum Gasteiger partial charge on any atom is -0.478 e. The van der Waals surface area contributed by atoms with Crippen LogP contribution in [0, 0.1) is 13.8 Å². The first-order chi connectivity index (χ1) is 8.99. The van der Waals surface area contributed by atoms with E-state index in [2.05, 4.69) is 0 Å². The van der Waals surface area contributed by atoms with Gasteiger partial charge in [-0.25, -0.2) is 4.79 Å². The quantitative estimate of drug-likeness (QED) is 0.827. The van der Waals surface area contributed by atoms with Gasteiger partial charge in [-0.15, -0.1) is 0 Å². The maximum Gasteiger partial charge on any atom is 0.337 e. The van der Waals surface area contributed by atoms with Crippen molar-refractivity contribution in [1.82, 2.24) is 0 Å². The van der Waals surface area contributed by atoms with Crippen LogP contribution in [0.4, 0.5) is 5.69 Å². The highest BCUT2D eigenvalue weighted by atomic mass is 16.5. The fourth-order valence-corrected chi connectivity index (χ4v) is 1.76. The van der Waals surface area contributed by atoms with Gasteiger partial charge < -0.3 is 15.6 Å². The Bertz CT molecular complexity index is 635. The maximum atomic E-state index is 11.0. The number of aryl methyl sites for hydroxylation is 2. The second-order valence-corrected chi connectivity index (χ2v) is 4.39. The lowest BCUT2D eigenvalue weighted by Crippen LogP contribution is -2.04. The molecule has 3 N–H and O–H groups in total. The van der Waals surface area contributed by atoms with E-state index in [1.54, 1.807) is 12.1 Å². The molecule has 0 radical (unpaired) electrons. The van der Waals surface area contributed by atoms with Crippen molar-refractivity contribution in [1.29, 1.82) is 0 Å². The molecule has 0 fully saturated rings. The highest BCUT2D eigenvalue weighted by Crippen LogP contribution is 2.32. The third-order valence-electron chi connectivity index (χ3n) is 2.86. The summed E-state index contributed by atoms with van der Waals surface area (Å²) in [6, 6.07) is 10.5. The molecule has 0 aliphatic heterocycles. The third-order valence-corrected chi connectivity index (χ3v) is 2.86. The van der Waals surface area contributed by atoms with Crippen molar-refractivity contribution in [2.24, 2.45) is 0 Å². The zero-order valence-electron chi connectivity index (χ0n) is 10.8. The first kappa shape index (κ1) is 13.0. The van der Waals surface area contributed by atoms with Crippen molar-refractivity contribution in [3.05, 3.63) is 53.1 Å². The summed E-state index contributed by atoms with van der Waals surface area (Å²) >= 11 is 0. The summed E-state index contributed by atoms with van der Waals surface area (Å²) in [6.07, 6.45) is 0. The molecular formula is C15H15NO3. The number of hydrogen-bond donors (Lipinski definition) is 2. The predicted octanol–water partition coefficient (Wildman–Crippen LogP) is 3.38. The molecule has 0 spiro atoms. The highest BCUT2D eigenvalue weighted by molar-refractivity contribution is 5.95. The Hall–Kier alpha value is -2.49. The van der Waals surface area contributed by atoms with Crippen molar-refractivity contribution in [2.45, 2.75) is 13.8 Å². The molecule has 0 aliphatic carbocycles. The molecule has 2 rings (SSSR count). The summed E-state index contributed by atoms with van der Waals surface area (Å²) in [4.78, 5) is 11.0. The lowest BCUT2D eigenvalue weighted by Gasteiger charge is -2.12. The van der Waals surface area contributed by atoms with Crippen LogP contribution in [0.3, 0.4) is 0 Å². The van der Waals surface area contributed by atoms with Gasteiger partial charge in [0.15, 0.2) is 5.75 Å². The van der Waals surface area contributed by atoms with Crippen LogP contribution in [0.5, 0.6) is 11.5 Å². The Labute approximate surface area is 111 Å². The Morgan fingerprint density at radius 1 is 1.16 bits per heavy atom. The van der Waals surface area contributed by atoms with Gasteiger partial charge in [0.1, 0.15) is 5.75 Å². The van der Waals surface area contributed by atoms with Crippen LogP contribution < -0.4 is 10.5 Å². The van der Waals surface area contributed by atoms with Crippen LogP contribution in [0.15, 0.2) is 36.4 Å². The molecule has 0 aromatic heterocycles. The summed E-state index contributed by atoms with van der Waals surface area (Å²) in [5, 5.41) is 9.02. The summed E-state index contributed by atoms with van der Waals surface area (Å²) in [6.45, 7) is 3.88. The van der Waals surface area contributed by atoms with Crippen LogP contribution in [-0.4, -0.2) is 11.1 Å². The molecule has 2 aromatic rings. The Balaban J connectivity index is 2.41. The van der Waals surface area contributed by atoms with Gasteiger partial charge in [-0.05, 0) is 43.2 Å². The lowest BCUT2D eigenvalue weighted by atomic mass is 10.1. The zero-order chi connectivity index (χ0) is 14.0. The molecule has 0 bridgehead atoms. The molecule has 0 saturated heterocycles. The van der Waals surface area contributed by atoms with Crippen molar-refractivity contribution < 1.29 is 14.6 Å².